The van der Waals surface area contributed by atoms with E-state index in [1.807, 2.05) is 0 Å². The number of hydrogen-bond acceptors (Lipinski definition) is 5. The second kappa shape index (κ2) is 11.3. The van der Waals surface area contributed by atoms with Crippen LogP contribution in [0.1, 0.15) is 47.2 Å². The average molecular weight is 505 g/mol. The van der Waals surface area contributed by atoms with E-state index in [4.69, 9.17) is 21.4 Å². The molecule has 2 atom stereocenters. The number of halogens is 2. The van der Waals surface area contributed by atoms with Gasteiger partial charge in [0.25, 0.3) is 0 Å². The van der Waals surface area contributed by atoms with Crippen LogP contribution in [-0.2, 0) is 20.8 Å². The van der Waals surface area contributed by atoms with Gasteiger partial charge < -0.3 is 15.2 Å². The number of ether oxygens (including phenoxy) is 1. The van der Waals surface area contributed by atoms with Gasteiger partial charge >= 0.3 is 5.97 Å². The normalized spacial score (nSPS) is 16.9. The number of carbonyl (C=O) groups is 4. The Morgan fingerprint density at radius 2 is 2.00 bits per heavy atom. The third kappa shape index (κ3) is 6.16. The van der Waals surface area contributed by atoms with E-state index in [1.165, 1.54) is 13.2 Å². The summed E-state index contributed by atoms with van der Waals surface area (Å²) in [7, 11) is 1.50. The number of imide groups is 1. The summed E-state index contributed by atoms with van der Waals surface area (Å²) in [5.74, 6) is -4.47. The zero-order valence-electron chi connectivity index (χ0n) is 19.3. The summed E-state index contributed by atoms with van der Waals surface area (Å²) in [6, 6.07) is 8.72. The molecule has 8 nitrogen and oxygen atoms in total. The highest BCUT2D eigenvalue weighted by Gasteiger charge is 2.35. The zero-order valence-corrected chi connectivity index (χ0v) is 20.1. The number of hydrogen-bond donors (Lipinski definition) is 2. The molecule has 0 bridgehead atoms. The summed E-state index contributed by atoms with van der Waals surface area (Å²) in [4.78, 5) is 50.8. The summed E-state index contributed by atoms with van der Waals surface area (Å²) in [5, 5.41) is 12.2. The van der Waals surface area contributed by atoms with Crippen LogP contribution >= 0.6 is 11.6 Å². The van der Waals surface area contributed by atoms with Gasteiger partial charge in [-0.25, -0.2) is 9.18 Å². The highest BCUT2D eigenvalue weighted by Crippen LogP contribution is 2.29. The number of methoxy groups -OCH3 is 1. The molecule has 2 N–H and O–H groups in total. The van der Waals surface area contributed by atoms with E-state index >= 15 is 0 Å². The molecule has 0 unspecified atom stereocenters. The van der Waals surface area contributed by atoms with Gasteiger partial charge in [0.2, 0.25) is 17.7 Å². The van der Waals surface area contributed by atoms with Crippen LogP contribution in [0.2, 0.25) is 5.02 Å². The molecule has 0 saturated carbocycles. The lowest BCUT2D eigenvalue weighted by Gasteiger charge is -2.24. The van der Waals surface area contributed by atoms with Crippen molar-refractivity contribution in [2.24, 2.45) is 5.92 Å². The molecule has 35 heavy (non-hydrogen) atoms. The highest BCUT2D eigenvalue weighted by molar-refractivity contribution is 6.30. The number of carboxylic acids is 1. The molecule has 0 aliphatic carbocycles. The SMILES string of the molecule is CC[C@@H](CC(=O)N1CC(=O)NC[C@H](Cc2cc(Cl)ccc2OC)C1=O)c1ccc(C(=O)O)c(F)c1. The third-order valence-electron chi connectivity index (χ3n) is 6.08. The lowest BCUT2D eigenvalue weighted by molar-refractivity contribution is -0.148. The first-order valence-electron chi connectivity index (χ1n) is 11.1. The maximum atomic E-state index is 14.2. The van der Waals surface area contributed by atoms with E-state index < -0.39 is 53.5 Å². The van der Waals surface area contributed by atoms with Crippen molar-refractivity contribution in [3.8, 4) is 5.75 Å². The third-order valence-corrected chi connectivity index (χ3v) is 6.32. The summed E-state index contributed by atoms with van der Waals surface area (Å²) < 4.78 is 19.5. The number of nitrogens with one attached hydrogen (secondary N) is 1. The number of rotatable bonds is 8. The van der Waals surface area contributed by atoms with Crippen LogP contribution in [0.5, 0.6) is 5.75 Å². The van der Waals surface area contributed by atoms with E-state index in [0.29, 0.717) is 28.3 Å². The van der Waals surface area contributed by atoms with Gasteiger partial charge in [0.1, 0.15) is 18.1 Å². The van der Waals surface area contributed by atoms with Gasteiger partial charge in [-0.1, -0.05) is 24.6 Å². The van der Waals surface area contributed by atoms with Gasteiger partial charge in [0.05, 0.1) is 18.6 Å². The lowest BCUT2D eigenvalue weighted by Crippen LogP contribution is -2.43. The van der Waals surface area contributed by atoms with Crippen molar-refractivity contribution in [1.29, 1.82) is 0 Å². The predicted octanol–water partition coefficient (Wildman–Crippen LogP) is 3.41. The Labute approximate surface area is 207 Å². The van der Waals surface area contributed by atoms with Crippen molar-refractivity contribution < 1.29 is 33.4 Å². The number of aromatic carboxylic acids is 1. The van der Waals surface area contributed by atoms with Gasteiger partial charge in [0, 0.05) is 18.0 Å². The molecule has 3 amide bonds. The summed E-state index contributed by atoms with van der Waals surface area (Å²) in [5.41, 5.74) is 0.645. The van der Waals surface area contributed by atoms with Crippen LogP contribution in [0, 0.1) is 11.7 Å². The van der Waals surface area contributed by atoms with Crippen molar-refractivity contribution in [2.45, 2.75) is 32.1 Å². The van der Waals surface area contributed by atoms with Gasteiger partial charge in [-0.05, 0) is 60.2 Å². The van der Waals surface area contributed by atoms with Gasteiger partial charge in [-0.15, -0.1) is 0 Å². The molecule has 1 saturated heterocycles. The molecule has 1 heterocycles. The van der Waals surface area contributed by atoms with E-state index in [1.54, 1.807) is 25.1 Å². The number of benzene rings is 2. The first-order chi connectivity index (χ1) is 16.6. The van der Waals surface area contributed by atoms with Crippen LogP contribution in [0.3, 0.4) is 0 Å². The number of nitrogens with zero attached hydrogens (tertiary/aromatic N) is 1. The van der Waals surface area contributed by atoms with Crippen LogP contribution in [0.4, 0.5) is 4.39 Å². The number of carboxylic acid groups (broad SMARTS) is 1. The van der Waals surface area contributed by atoms with Crippen molar-refractivity contribution >= 4 is 35.3 Å². The number of carbonyl (C=O) groups excluding carboxylic acids is 3. The Balaban J connectivity index is 1.81. The molecule has 2 aromatic carbocycles. The first-order valence-corrected chi connectivity index (χ1v) is 11.5. The van der Waals surface area contributed by atoms with E-state index in [-0.39, 0.29) is 19.4 Å². The van der Waals surface area contributed by atoms with Crippen LogP contribution < -0.4 is 10.1 Å². The predicted molar refractivity (Wildman–Crippen MR) is 126 cm³/mol. The van der Waals surface area contributed by atoms with Crippen LogP contribution in [-0.4, -0.2) is 53.9 Å². The van der Waals surface area contributed by atoms with Gasteiger partial charge in [0.15, 0.2) is 0 Å². The topological polar surface area (TPSA) is 113 Å². The summed E-state index contributed by atoms with van der Waals surface area (Å²) >= 11 is 6.10. The summed E-state index contributed by atoms with van der Waals surface area (Å²) in [6.07, 6.45) is 0.495. The van der Waals surface area contributed by atoms with Gasteiger partial charge in [-0.2, -0.15) is 0 Å². The molecular formula is C25H26ClFN2O6. The molecular weight excluding hydrogens is 479 g/mol. The monoisotopic (exact) mass is 504 g/mol. The van der Waals surface area contributed by atoms with Crippen molar-refractivity contribution in [1.82, 2.24) is 10.2 Å². The van der Waals surface area contributed by atoms with Crippen molar-refractivity contribution in [2.75, 3.05) is 20.2 Å². The van der Waals surface area contributed by atoms with E-state index in [2.05, 4.69) is 5.32 Å². The Hall–Kier alpha value is -3.46. The molecule has 10 heteroatoms. The van der Waals surface area contributed by atoms with Crippen LogP contribution in [0.25, 0.3) is 0 Å². The maximum Gasteiger partial charge on any atom is 0.338 e. The fourth-order valence-electron chi connectivity index (χ4n) is 4.14. The fourth-order valence-corrected chi connectivity index (χ4v) is 4.34. The molecule has 1 aliphatic heterocycles. The Kier molecular flexibility index (Phi) is 8.45. The largest absolute Gasteiger partial charge is 0.496 e. The van der Waals surface area contributed by atoms with E-state index in [0.717, 1.165) is 17.0 Å². The standard InChI is InChI=1S/C25H26ClFN2O6/c1-3-14(15-4-6-19(25(33)34)20(27)10-15)11-23(31)29-13-22(30)28-12-17(24(29)32)8-16-9-18(26)5-7-21(16)35-2/h4-7,9-10,14,17H,3,8,11-13H2,1-2H3,(H,28,30)(H,33,34)/t14-,17-/m0/s1. The smallest absolute Gasteiger partial charge is 0.338 e. The second-order valence-electron chi connectivity index (χ2n) is 8.33. The quantitative estimate of drug-likeness (QED) is 0.569. The minimum absolute atomic E-state index is 0.0518. The molecule has 2 aromatic rings. The van der Waals surface area contributed by atoms with E-state index in [9.17, 15) is 23.6 Å². The Morgan fingerprint density at radius 1 is 1.26 bits per heavy atom. The average Bonchev–Trinajstić information content (AvgIpc) is 2.96. The molecule has 0 aromatic heterocycles. The molecule has 1 fully saturated rings. The molecule has 0 spiro atoms. The van der Waals surface area contributed by atoms with Gasteiger partial charge in [-0.3, -0.25) is 19.3 Å². The van der Waals surface area contributed by atoms with Crippen molar-refractivity contribution in [3.05, 3.63) is 63.9 Å². The minimum atomic E-state index is -1.39. The lowest BCUT2D eigenvalue weighted by atomic mass is 9.91. The fraction of sp³-hybridized carbons (Fsp3) is 0.360. The number of amides is 3. The zero-order chi connectivity index (χ0) is 25.7. The first kappa shape index (κ1) is 26.2. The van der Waals surface area contributed by atoms with Crippen LogP contribution in [0.15, 0.2) is 36.4 Å². The summed E-state index contributed by atoms with van der Waals surface area (Å²) in [6.45, 7) is 1.44. The molecule has 0 radical (unpaired) electrons. The maximum absolute atomic E-state index is 14.2. The molecule has 1 aliphatic rings. The molecule has 186 valence electrons. The Bertz CT molecular complexity index is 1150. The van der Waals surface area contributed by atoms with Crippen molar-refractivity contribution in [3.63, 3.8) is 0 Å². The minimum Gasteiger partial charge on any atom is -0.496 e. The molecule has 3 rings (SSSR count). The highest BCUT2D eigenvalue weighted by atomic mass is 35.5. The second-order valence-corrected chi connectivity index (χ2v) is 8.77. The Morgan fingerprint density at radius 3 is 2.63 bits per heavy atom.